The van der Waals surface area contributed by atoms with Gasteiger partial charge in [0.25, 0.3) is 0 Å². The highest BCUT2D eigenvalue weighted by atomic mass is 35.5. The van der Waals surface area contributed by atoms with E-state index in [1.807, 2.05) is 0 Å². The number of hydrogen-bond donors (Lipinski definition) is 1. The zero-order valence-electron chi connectivity index (χ0n) is 7.31. The lowest BCUT2D eigenvalue weighted by atomic mass is 10.1. The maximum Gasteiger partial charge on any atom is 0.115 e. The topological polar surface area (TPSA) is 33.1 Å². The first-order valence-corrected chi connectivity index (χ1v) is 4.55. The highest BCUT2D eigenvalue weighted by molar-refractivity contribution is 6.33. The summed E-state index contributed by atoms with van der Waals surface area (Å²) in [6.45, 7) is 0. The molecule has 0 aliphatic heterocycles. The highest BCUT2D eigenvalue weighted by Crippen LogP contribution is 2.26. The smallest absolute Gasteiger partial charge is 0.115 e. The molecule has 0 bridgehead atoms. The lowest BCUT2D eigenvalue weighted by molar-refractivity contribution is 0.475. The van der Waals surface area contributed by atoms with Crippen LogP contribution in [0.2, 0.25) is 5.02 Å². The number of aromatic hydroxyl groups is 1. The number of hydrogen-bond acceptors (Lipinski definition) is 2. The molecule has 0 radical (unpaired) electrons. The van der Waals surface area contributed by atoms with Crippen molar-refractivity contribution in [2.45, 2.75) is 0 Å². The number of rotatable bonds is 1. The lowest BCUT2D eigenvalue weighted by Gasteiger charge is -2.02. The van der Waals surface area contributed by atoms with Gasteiger partial charge in [0.15, 0.2) is 0 Å². The van der Waals surface area contributed by atoms with Gasteiger partial charge in [-0.15, -0.1) is 0 Å². The molecule has 0 amide bonds. The number of phenols is 1. The second-order valence-corrected chi connectivity index (χ2v) is 3.29. The summed E-state index contributed by atoms with van der Waals surface area (Å²) in [4.78, 5) is 4.16. The van der Waals surface area contributed by atoms with Crippen LogP contribution in [0, 0.1) is 0 Å². The summed E-state index contributed by atoms with van der Waals surface area (Å²) in [7, 11) is 0. The van der Waals surface area contributed by atoms with E-state index in [0.717, 1.165) is 11.3 Å². The quantitative estimate of drug-likeness (QED) is 0.776. The second-order valence-electron chi connectivity index (χ2n) is 2.88. The molecule has 0 aliphatic carbocycles. The summed E-state index contributed by atoms with van der Waals surface area (Å²) in [5.41, 5.74) is 1.63. The van der Waals surface area contributed by atoms with E-state index in [1.165, 1.54) is 0 Å². The summed E-state index contributed by atoms with van der Waals surface area (Å²) in [5.74, 6) is 0.237. The van der Waals surface area contributed by atoms with E-state index in [1.54, 1.807) is 42.6 Å². The van der Waals surface area contributed by atoms with E-state index in [-0.39, 0.29) is 5.75 Å². The third kappa shape index (κ3) is 1.70. The molecule has 2 aromatic rings. The Kier molecular flexibility index (Phi) is 2.37. The summed E-state index contributed by atoms with van der Waals surface area (Å²) in [6.07, 6.45) is 1.69. The van der Waals surface area contributed by atoms with Crippen molar-refractivity contribution in [3.8, 4) is 17.0 Å². The first-order chi connectivity index (χ1) is 6.77. The standard InChI is InChI=1S/C11H8ClNO/c12-10-2-1-7-13-11(10)8-3-5-9(14)6-4-8/h1-7,14H. The van der Waals surface area contributed by atoms with E-state index < -0.39 is 0 Å². The molecule has 1 N–H and O–H groups in total. The molecule has 3 heteroatoms. The number of pyridine rings is 1. The van der Waals surface area contributed by atoms with Gasteiger partial charge in [-0.25, -0.2) is 0 Å². The van der Waals surface area contributed by atoms with Crippen LogP contribution in [0.5, 0.6) is 5.75 Å². The number of nitrogens with zero attached hydrogens (tertiary/aromatic N) is 1. The van der Waals surface area contributed by atoms with Crippen LogP contribution in [0.1, 0.15) is 0 Å². The van der Waals surface area contributed by atoms with Gasteiger partial charge < -0.3 is 5.11 Å². The highest BCUT2D eigenvalue weighted by Gasteiger charge is 2.03. The van der Waals surface area contributed by atoms with Crippen molar-refractivity contribution >= 4 is 11.6 Å². The molecule has 0 saturated carbocycles. The maximum absolute atomic E-state index is 9.12. The maximum atomic E-state index is 9.12. The van der Waals surface area contributed by atoms with Crippen molar-refractivity contribution in [3.05, 3.63) is 47.6 Å². The third-order valence-corrected chi connectivity index (χ3v) is 2.20. The normalized spacial score (nSPS) is 10.1. The minimum Gasteiger partial charge on any atom is -0.508 e. The second kappa shape index (κ2) is 3.68. The van der Waals surface area contributed by atoms with Gasteiger partial charge >= 0.3 is 0 Å². The van der Waals surface area contributed by atoms with Crippen molar-refractivity contribution in [1.82, 2.24) is 4.98 Å². The lowest BCUT2D eigenvalue weighted by Crippen LogP contribution is -1.83. The van der Waals surface area contributed by atoms with Crippen LogP contribution >= 0.6 is 11.6 Å². The van der Waals surface area contributed by atoms with Crippen LogP contribution in [0.25, 0.3) is 11.3 Å². The average molecular weight is 206 g/mol. The number of benzene rings is 1. The predicted molar refractivity (Wildman–Crippen MR) is 56.3 cm³/mol. The van der Waals surface area contributed by atoms with Crippen LogP contribution in [0.4, 0.5) is 0 Å². The number of aromatic nitrogens is 1. The molecule has 2 rings (SSSR count). The Labute approximate surface area is 86.8 Å². The van der Waals surface area contributed by atoms with Crippen molar-refractivity contribution in [2.75, 3.05) is 0 Å². The van der Waals surface area contributed by atoms with E-state index >= 15 is 0 Å². The summed E-state index contributed by atoms with van der Waals surface area (Å²) < 4.78 is 0. The minimum atomic E-state index is 0.237. The SMILES string of the molecule is Oc1ccc(-c2ncccc2Cl)cc1. The first kappa shape index (κ1) is 9.03. The number of phenolic OH excluding ortho intramolecular Hbond substituents is 1. The van der Waals surface area contributed by atoms with Gasteiger partial charge in [-0.1, -0.05) is 11.6 Å². The van der Waals surface area contributed by atoms with Gasteiger partial charge in [0.2, 0.25) is 0 Å². The molecule has 0 saturated heterocycles. The van der Waals surface area contributed by atoms with Crippen molar-refractivity contribution < 1.29 is 5.11 Å². The van der Waals surface area contributed by atoms with Crippen LogP contribution < -0.4 is 0 Å². The van der Waals surface area contributed by atoms with Gasteiger partial charge in [0.1, 0.15) is 5.75 Å². The number of halogens is 1. The molecule has 1 aromatic heterocycles. The predicted octanol–water partition coefficient (Wildman–Crippen LogP) is 3.11. The Morgan fingerprint density at radius 2 is 1.79 bits per heavy atom. The average Bonchev–Trinajstić information content (AvgIpc) is 2.20. The van der Waals surface area contributed by atoms with Gasteiger partial charge in [0, 0.05) is 11.8 Å². The van der Waals surface area contributed by atoms with Crippen LogP contribution in [-0.4, -0.2) is 10.1 Å². The Morgan fingerprint density at radius 1 is 1.07 bits per heavy atom. The summed E-state index contributed by atoms with van der Waals surface area (Å²) >= 11 is 5.97. The fraction of sp³-hybridized carbons (Fsp3) is 0. The molecule has 70 valence electrons. The minimum absolute atomic E-state index is 0.237. The Hall–Kier alpha value is -1.54. The summed E-state index contributed by atoms with van der Waals surface area (Å²) in [6, 6.07) is 10.4. The van der Waals surface area contributed by atoms with Gasteiger partial charge in [-0.05, 0) is 36.4 Å². The fourth-order valence-electron chi connectivity index (χ4n) is 1.22. The molecule has 2 nitrogen and oxygen atoms in total. The molecule has 0 atom stereocenters. The Balaban J connectivity index is 2.50. The Morgan fingerprint density at radius 3 is 2.43 bits per heavy atom. The zero-order chi connectivity index (χ0) is 9.97. The van der Waals surface area contributed by atoms with Crippen molar-refractivity contribution in [2.24, 2.45) is 0 Å². The largest absolute Gasteiger partial charge is 0.508 e. The molecular weight excluding hydrogens is 198 g/mol. The molecule has 0 fully saturated rings. The molecular formula is C11H8ClNO. The van der Waals surface area contributed by atoms with E-state index in [2.05, 4.69) is 4.98 Å². The molecule has 1 aromatic carbocycles. The van der Waals surface area contributed by atoms with E-state index in [0.29, 0.717) is 5.02 Å². The van der Waals surface area contributed by atoms with E-state index in [9.17, 15) is 0 Å². The van der Waals surface area contributed by atoms with Gasteiger partial charge in [-0.2, -0.15) is 0 Å². The molecule has 0 unspecified atom stereocenters. The van der Waals surface area contributed by atoms with Crippen molar-refractivity contribution in [3.63, 3.8) is 0 Å². The molecule has 0 spiro atoms. The summed E-state index contributed by atoms with van der Waals surface area (Å²) in [5, 5.41) is 9.73. The van der Waals surface area contributed by atoms with Crippen molar-refractivity contribution in [1.29, 1.82) is 0 Å². The van der Waals surface area contributed by atoms with E-state index in [4.69, 9.17) is 16.7 Å². The zero-order valence-corrected chi connectivity index (χ0v) is 8.07. The Bertz CT molecular complexity index is 439. The van der Waals surface area contributed by atoms with Gasteiger partial charge in [0.05, 0.1) is 10.7 Å². The monoisotopic (exact) mass is 205 g/mol. The third-order valence-electron chi connectivity index (χ3n) is 1.90. The van der Waals surface area contributed by atoms with Crippen LogP contribution in [0.15, 0.2) is 42.6 Å². The molecule has 1 heterocycles. The van der Waals surface area contributed by atoms with Gasteiger partial charge in [-0.3, -0.25) is 4.98 Å². The molecule has 0 aliphatic rings. The fourth-order valence-corrected chi connectivity index (χ4v) is 1.45. The first-order valence-electron chi connectivity index (χ1n) is 4.17. The van der Waals surface area contributed by atoms with Crippen LogP contribution in [-0.2, 0) is 0 Å². The molecule has 14 heavy (non-hydrogen) atoms. The van der Waals surface area contributed by atoms with Crippen LogP contribution in [0.3, 0.4) is 0 Å².